The van der Waals surface area contributed by atoms with Crippen LogP contribution in [0.15, 0.2) is 53.5 Å². The van der Waals surface area contributed by atoms with Crippen molar-refractivity contribution in [3.8, 4) is 5.75 Å². The maximum atomic E-state index is 13.3. The Balaban J connectivity index is 1.50. The van der Waals surface area contributed by atoms with Crippen molar-refractivity contribution in [1.82, 2.24) is 15.5 Å². The van der Waals surface area contributed by atoms with Gasteiger partial charge in [0.1, 0.15) is 17.7 Å². The van der Waals surface area contributed by atoms with Gasteiger partial charge in [0.05, 0.1) is 6.54 Å². The minimum Gasteiger partial charge on any atom is -0.489 e. The zero-order valence-corrected chi connectivity index (χ0v) is 17.5. The van der Waals surface area contributed by atoms with Gasteiger partial charge in [-0.1, -0.05) is 30.3 Å². The highest BCUT2D eigenvalue weighted by Gasteiger charge is 2.20. The van der Waals surface area contributed by atoms with Crippen LogP contribution in [0.1, 0.15) is 30.9 Å². The summed E-state index contributed by atoms with van der Waals surface area (Å²) in [4.78, 5) is 18.1. The van der Waals surface area contributed by atoms with Gasteiger partial charge in [0.2, 0.25) is 5.91 Å². The summed E-state index contributed by atoms with van der Waals surface area (Å²) in [5, 5.41) is 6.54. The second-order valence-corrected chi connectivity index (χ2v) is 7.38. The van der Waals surface area contributed by atoms with E-state index < -0.39 is 0 Å². The van der Waals surface area contributed by atoms with Crippen LogP contribution in [0.5, 0.6) is 5.75 Å². The quantitative estimate of drug-likeness (QED) is 0.517. The van der Waals surface area contributed by atoms with Gasteiger partial charge in [0.15, 0.2) is 5.96 Å². The number of rotatable bonds is 8. The third kappa shape index (κ3) is 6.20. The number of likely N-dealkylation sites (tertiary alicyclic amines) is 1. The lowest BCUT2D eigenvalue weighted by Gasteiger charge is -2.20. The molecule has 1 aliphatic rings. The van der Waals surface area contributed by atoms with Gasteiger partial charge < -0.3 is 20.3 Å². The summed E-state index contributed by atoms with van der Waals surface area (Å²) in [7, 11) is 1.71. The molecular weight excluding hydrogens is 383 g/mol. The van der Waals surface area contributed by atoms with E-state index >= 15 is 0 Å². The first kappa shape index (κ1) is 21.6. The number of aliphatic imine (C=N–C) groups is 1. The first-order valence-corrected chi connectivity index (χ1v) is 10.3. The summed E-state index contributed by atoms with van der Waals surface area (Å²) in [5.74, 6) is 1.05. The molecule has 2 aromatic rings. The Labute approximate surface area is 177 Å². The van der Waals surface area contributed by atoms with E-state index in [0.29, 0.717) is 37.8 Å². The molecule has 0 bridgehead atoms. The molecule has 0 radical (unpaired) electrons. The van der Waals surface area contributed by atoms with Gasteiger partial charge >= 0.3 is 0 Å². The number of benzene rings is 2. The molecule has 0 aromatic heterocycles. The van der Waals surface area contributed by atoms with Crippen molar-refractivity contribution in [2.45, 2.75) is 39.0 Å². The third-order valence-corrected chi connectivity index (χ3v) is 5.01. The number of nitrogens with one attached hydrogen (secondary N) is 2. The Morgan fingerprint density at radius 2 is 2.00 bits per heavy atom. The first-order valence-electron chi connectivity index (χ1n) is 10.3. The van der Waals surface area contributed by atoms with Crippen LogP contribution in [-0.4, -0.2) is 43.0 Å². The molecule has 1 fully saturated rings. The van der Waals surface area contributed by atoms with E-state index in [1.165, 1.54) is 12.1 Å². The van der Waals surface area contributed by atoms with Gasteiger partial charge in [0.25, 0.3) is 0 Å². The highest BCUT2D eigenvalue weighted by molar-refractivity contribution is 5.79. The molecule has 30 heavy (non-hydrogen) atoms. The summed E-state index contributed by atoms with van der Waals surface area (Å²) < 4.78 is 19.0. The average Bonchev–Trinajstić information content (AvgIpc) is 3.13. The molecule has 7 heteroatoms. The molecule has 1 amide bonds. The fraction of sp³-hybridized carbons (Fsp3) is 0.391. The highest BCUT2D eigenvalue weighted by atomic mass is 19.1. The third-order valence-electron chi connectivity index (χ3n) is 5.01. The molecule has 1 atom stereocenters. The largest absolute Gasteiger partial charge is 0.489 e. The Bertz CT molecular complexity index is 887. The maximum absolute atomic E-state index is 13.3. The molecule has 0 aliphatic carbocycles. The number of halogens is 1. The molecule has 2 N–H and O–H groups in total. The van der Waals surface area contributed by atoms with Gasteiger partial charge in [-0.05, 0) is 36.6 Å². The van der Waals surface area contributed by atoms with Gasteiger partial charge in [-0.25, -0.2) is 4.39 Å². The normalized spacial score (nSPS) is 15.2. The minimum absolute atomic E-state index is 0.168. The minimum atomic E-state index is -0.320. The lowest BCUT2D eigenvalue weighted by atomic mass is 10.1. The summed E-state index contributed by atoms with van der Waals surface area (Å²) >= 11 is 0. The van der Waals surface area contributed by atoms with Crippen molar-refractivity contribution in [2.24, 2.45) is 4.99 Å². The summed E-state index contributed by atoms with van der Waals surface area (Å²) in [6.07, 6.45) is 1.41. The molecule has 1 unspecified atom stereocenters. The lowest BCUT2D eigenvalue weighted by molar-refractivity contribution is -0.128. The smallest absolute Gasteiger partial charge is 0.222 e. The van der Waals surface area contributed by atoms with E-state index in [1.807, 2.05) is 24.0 Å². The molecule has 3 rings (SSSR count). The highest BCUT2D eigenvalue weighted by Crippen LogP contribution is 2.17. The number of nitrogens with zero attached hydrogens (tertiary/aromatic N) is 2. The van der Waals surface area contributed by atoms with Crippen molar-refractivity contribution in [3.63, 3.8) is 0 Å². The Hall–Kier alpha value is -3.09. The summed E-state index contributed by atoms with van der Waals surface area (Å²) in [6.45, 7) is 4.49. The zero-order chi connectivity index (χ0) is 21.3. The van der Waals surface area contributed by atoms with E-state index in [9.17, 15) is 9.18 Å². The monoisotopic (exact) mass is 412 g/mol. The van der Waals surface area contributed by atoms with E-state index in [0.717, 1.165) is 24.1 Å². The fourth-order valence-corrected chi connectivity index (χ4v) is 3.42. The Kier molecular flexibility index (Phi) is 7.65. The van der Waals surface area contributed by atoms with Gasteiger partial charge in [-0.3, -0.25) is 9.79 Å². The number of hydrogen-bond donors (Lipinski definition) is 2. The van der Waals surface area contributed by atoms with Gasteiger partial charge in [0, 0.05) is 39.2 Å². The first-order chi connectivity index (χ1) is 14.5. The second kappa shape index (κ2) is 10.6. The molecule has 0 spiro atoms. The van der Waals surface area contributed by atoms with Crippen LogP contribution in [0.4, 0.5) is 4.39 Å². The SMILES string of the molecule is CN=C(NCc1ccccc1CN1CCCC1=O)NCC(C)Oc1cccc(F)c1. The van der Waals surface area contributed by atoms with Crippen LogP contribution < -0.4 is 15.4 Å². The lowest BCUT2D eigenvalue weighted by Crippen LogP contribution is -2.41. The maximum Gasteiger partial charge on any atom is 0.222 e. The number of guanidine groups is 1. The predicted octanol–water partition coefficient (Wildman–Crippen LogP) is 3.08. The molecule has 2 aromatic carbocycles. The molecule has 0 saturated carbocycles. The van der Waals surface area contributed by atoms with E-state index in [4.69, 9.17) is 4.74 Å². The molecule has 160 valence electrons. The fourth-order valence-electron chi connectivity index (χ4n) is 3.42. The molecule has 1 saturated heterocycles. The molecule has 1 heterocycles. The number of carbonyl (C=O) groups excluding carboxylic acids is 1. The predicted molar refractivity (Wildman–Crippen MR) is 116 cm³/mol. The van der Waals surface area contributed by atoms with Crippen molar-refractivity contribution in [2.75, 3.05) is 20.1 Å². The summed E-state index contributed by atoms with van der Waals surface area (Å²) in [6, 6.07) is 14.2. The number of amides is 1. The number of ether oxygens (including phenoxy) is 1. The van der Waals surface area contributed by atoms with E-state index in [-0.39, 0.29) is 17.8 Å². The standard InChI is InChI=1S/C23H29FN4O2/c1-17(30-21-10-5-9-20(24)13-21)14-26-23(25-2)27-15-18-7-3-4-8-19(18)16-28-12-6-11-22(28)29/h3-5,7-10,13,17H,6,11-12,14-16H2,1-2H3,(H2,25,26,27). The van der Waals surface area contributed by atoms with Gasteiger partial charge in [-0.2, -0.15) is 0 Å². The van der Waals surface area contributed by atoms with Crippen LogP contribution in [0.3, 0.4) is 0 Å². The van der Waals surface area contributed by atoms with Crippen LogP contribution >= 0.6 is 0 Å². The van der Waals surface area contributed by atoms with Crippen molar-refractivity contribution >= 4 is 11.9 Å². The average molecular weight is 413 g/mol. The second-order valence-electron chi connectivity index (χ2n) is 7.38. The van der Waals surface area contributed by atoms with Crippen LogP contribution in [0.2, 0.25) is 0 Å². The Morgan fingerprint density at radius 1 is 1.20 bits per heavy atom. The topological polar surface area (TPSA) is 66.0 Å². The Morgan fingerprint density at radius 3 is 2.70 bits per heavy atom. The van der Waals surface area contributed by atoms with Crippen LogP contribution in [-0.2, 0) is 17.9 Å². The van der Waals surface area contributed by atoms with Crippen molar-refractivity contribution in [3.05, 3.63) is 65.5 Å². The van der Waals surface area contributed by atoms with Crippen molar-refractivity contribution in [1.29, 1.82) is 0 Å². The zero-order valence-electron chi connectivity index (χ0n) is 17.5. The van der Waals surface area contributed by atoms with Crippen LogP contribution in [0, 0.1) is 5.82 Å². The number of carbonyl (C=O) groups is 1. The molecular formula is C23H29FN4O2. The summed E-state index contributed by atoms with van der Waals surface area (Å²) in [5.41, 5.74) is 2.27. The van der Waals surface area contributed by atoms with Gasteiger partial charge in [-0.15, -0.1) is 0 Å². The van der Waals surface area contributed by atoms with E-state index in [2.05, 4.69) is 27.8 Å². The number of hydrogen-bond acceptors (Lipinski definition) is 3. The van der Waals surface area contributed by atoms with Crippen LogP contribution in [0.25, 0.3) is 0 Å². The van der Waals surface area contributed by atoms with Crippen molar-refractivity contribution < 1.29 is 13.9 Å². The molecule has 6 nitrogen and oxygen atoms in total. The molecule has 1 aliphatic heterocycles. The van der Waals surface area contributed by atoms with E-state index in [1.54, 1.807) is 19.2 Å².